The Balaban J connectivity index is 1.76. The molecule has 0 saturated heterocycles. The summed E-state index contributed by atoms with van der Waals surface area (Å²) in [6.45, 7) is 2.40. The van der Waals surface area contributed by atoms with Gasteiger partial charge < -0.3 is 14.9 Å². The smallest absolute Gasteiger partial charge is 0.342 e. The van der Waals surface area contributed by atoms with Crippen molar-refractivity contribution in [3.05, 3.63) is 79.4 Å². The van der Waals surface area contributed by atoms with E-state index in [0.29, 0.717) is 24.0 Å². The van der Waals surface area contributed by atoms with Crippen LogP contribution in [0.3, 0.4) is 0 Å². The molecule has 0 bridgehead atoms. The molecule has 0 radical (unpaired) electrons. The Bertz CT molecular complexity index is 864. The molecule has 1 aromatic carbocycles. The number of aromatic nitrogens is 2. The number of nitro groups is 1. The summed E-state index contributed by atoms with van der Waals surface area (Å²) in [4.78, 5) is 15.7. The van der Waals surface area contributed by atoms with E-state index in [9.17, 15) is 10.1 Å². The fourth-order valence-corrected chi connectivity index (χ4v) is 3.59. The quantitative estimate of drug-likeness (QED) is 0.445. The predicted molar refractivity (Wildman–Crippen MR) is 97.2 cm³/mol. The second kappa shape index (κ2) is 7.77. The number of imidazole rings is 1. The molecule has 0 amide bonds. The van der Waals surface area contributed by atoms with Crippen LogP contribution in [0.2, 0.25) is 5.02 Å². The number of hydrogen-bond donors (Lipinski definition) is 0. The van der Waals surface area contributed by atoms with Gasteiger partial charge in [0.1, 0.15) is 18.8 Å². The van der Waals surface area contributed by atoms with Gasteiger partial charge in [-0.05, 0) is 34.1 Å². The summed E-state index contributed by atoms with van der Waals surface area (Å²) in [7, 11) is 0. The fraction of sp³-hybridized carbons (Fsp3) is 0.235. The van der Waals surface area contributed by atoms with Crippen molar-refractivity contribution in [1.82, 2.24) is 9.55 Å². The molecule has 1 unspecified atom stereocenters. The number of nitrogens with zero attached hydrogens (tertiary/aromatic N) is 3. The molecular weight excluding hydrogens is 362 g/mol. The second-order valence-corrected chi connectivity index (χ2v) is 6.81. The molecule has 6 nitrogen and oxygen atoms in total. The molecule has 0 N–H and O–H groups in total. The maximum Gasteiger partial charge on any atom is 0.342 e. The van der Waals surface area contributed by atoms with Crippen LogP contribution in [0.15, 0.2) is 48.0 Å². The van der Waals surface area contributed by atoms with Gasteiger partial charge in [-0.2, -0.15) is 0 Å². The van der Waals surface area contributed by atoms with E-state index in [-0.39, 0.29) is 11.9 Å². The minimum Gasteiger partial charge on any atom is -0.364 e. The molecular formula is C17H16ClN3O3S. The summed E-state index contributed by atoms with van der Waals surface area (Å²) in [5.74, 6) is 0.558. The van der Waals surface area contributed by atoms with Gasteiger partial charge in [-0.25, -0.2) is 9.55 Å². The number of aryl methyl sites for hydroxylation is 1. The van der Waals surface area contributed by atoms with Crippen molar-refractivity contribution in [2.45, 2.75) is 19.6 Å². The van der Waals surface area contributed by atoms with Crippen molar-refractivity contribution in [2.75, 3.05) is 6.61 Å². The Labute approximate surface area is 153 Å². The molecule has 8 heteroatoms. The van der Waals surface area contributed by atoms with Gasteiger partial charge in [0.25, 0.3) is 0 Å². The first-order valence-corrected chi connectivity index (χ1v) is 8.89. The van der Waals surface area contributed by atoms with E-state index >= 15 is 0 Å². The molecule has 130 valence electrons. The molecule has 0 aliphatic heterocycles. The van der Waals surface area contributed by atoms with Gasteiger partial charge in [0, 0.05) is 16.8 Å². The van der Waals surface area contributed by atoms with E-state index in [1.54, 1.807) is 22.8 Å². The van der Waals surface area contributed by atoms with E-state index in [2.05, 4.69) is 4.98 Å². The molecule has 0 aliphatic carbocycles. The highest BCUT2D eigenvalue weighted by Gasteiger charge is 2.20. The van der Waals surface area contributed by atoms with Crippen molar-refractivity contribution >= 4 is 28.8 Å². The lowest BCUT2D eigenvalue weighted by Gasteiger charge is -2.17. The van der Waals surface area contributed by atoms with Gasteiger partial charge in [0.15, 0.2) is 5.82 Å². The SMILES string of the molecule is Cc1ncc([N+](=O)[O-])n1CCOC(c1cccc(Cl)c1)c1cccs1. The predicted octanol–water partition coefficient (Wildman–Crippen LogP) is 4.62. The van der Waals surface area contributed by atoms with Gasteiger partial charge in [-0.15, -0.1) is 11.3 Å². The van der Waals surface area contributed by atoms with Crippen LogP contribution in [-0.2, 0) is 11.3 Å². The summed E-state index contributed by atoms with van der Waals surface area (Å²) in [5, 5.41) is 13.7. The molecule has 2 heterocycles. The largest absolute Gasteiger partial charge is 0.364 e. The zero-order valence-corrected chi connectivity index (χ0v) is 15.0. The van der Waals surface area contributed by atoms with Crippen LogP contribution in [-0.4, -0.2) is 21.1 Å². The lowest BCUT2D eigenvalue weighted by molar-refractivity contribution is -0.392. The maximum atomic E-state index is 11.1. The Hall–Kier alpha value is -2.22. The minimum atomic E-state index is -0.437. The number of benzene rings is 1. The third-order valence-electron chi connectivity index (χ3n) is 3.77. The molecule has 0 saturated carbocycles. The molecule has 2 aromatic heterocycles. The number of thiophene rings is 1. The van der Waals surface area contributed by atoms with Crippen LogP contribution >= 0.6 is 22.9 Å². The average Bonchev–Trinajstić information content (AvgIpc) is 3.22. The van der Waals surface area contributed by atoms with Gasteiger partial charge in [-0.3, -0.25) is 0 Å². The Morgan fingerprint density at radius 1 is 1.40 bits per heavy atom. The molecule has 25 heavy (non-hydrogen) atoms. The summed E-state index contributed by atoms with van der Waals surface area (Å²) >= 11 is 7.70. The lowest BCUT2D eigenvalue weighted by Crippen LogP contribution is -2.13. The normalized spacial score (nSPS) is 12.2. The second-order valence-electron chi connectivity index (χ2n) is 5.39. The highest BCUT2D eigenvalue weighted by atomic mass is 35.5. The highest BCUT2D eigenvalue weighted by Crippen LogP contribution is 2.31. The van der Waals surface area contributed by atoms with E-state index in [1.807, 2.05) is 41.8 Å². The third-order valence-corrected chi connectivity index (χ3v) is 4.92. The first-order chi connectivity index (χ1) is 12.1. The van der Waals surface area contributed by atoms with Crippen molar-refractivity contribution in [1.29, 1.82) is 0 Å². The Morgan fingerprint density at radius 3 is 2.92 bits per heavy atom. The first-order valence-electron chi connectivity index (χ1n) is 7.63. The molecule has 0 spiro atoms. The van der Waals surface area contributed by atoms with E-state index in [0.717, 1.165) is 10.4 Å². The standard InChI is InChI=1S/C17H16ClN3O3S/c1-12-19-11-16(21(22)23)20(12)7-8-24-17(15-6-3-9-25-15)13-4-2-5-14(18)10-13/h2-6,9-11,17H,7-8H2,1H3. The van der Waals surface area contributed by atoms with Crippen LogP contribution < -0.4 is 0 Å². The van der Waals surface area contributed by atoms with E-state index in [1.165, 1.54) is 6.20 Å². The average molecular weight is 378 g/mol. The number of halogens is 1. The third kappa shape index (κ3) is 4.07. The summed E-state index contributed by atoms with van der Waals surface area (Å²) in [5.41, 5.74) is 0.951. The topological polar surface area (TPSA) is 70.2 Å². The van der Waals surface area contributed by atoms with Crippen LogP contribution in [0, 0.1) is 17.0 Å². The zero-order chi connectivity index (χ0) is 17.8. The molecule has 0 fully saturated rings. The van der Waals surface area contributed by atoms with Crippen molar-refractivity contribution in [3.8, 4) is 0 Å². The lowest BCUT2D eigenvalue weighted by atomic mass is 10.1. The Morgan fingerprint density at radius 2 is 2.24 bits per heavy atom. The van der Waals surface area contributed by atoms with Crippen LogP contribution in [0.1, 0.15) is 22.4 Å². The van der Waals surface area contributed by atoms with Crippen LogP contribution in [0.4, 0.5) is 5.82 Å². The molecule has 0 aliphatic rings. The number of ether oxygens (including phenoxy) is 1. The Kier molecular flexibility index (Phi) is 5.47. The number of rotatable bonds is 7. The van der Waals surface area contributed by atoms with Crippen molar-refractivity contribution < 1.29 is 9.66 Å². The maximum absolute atomic E-state index is 11.1. The van der Waals surface area contributed by atoms with E-state index < -0.39 is 4.92 Å². The molecule has 1 atom stereocenters. The van der Waals surface area contributed by atoms with Crippen molar-refractivity contribution in [2.24, 2.45) is 0 Å². The minimum absolute atomic E-state index is 0.0310. The summed E-state index contributed by atoms with van der Waals surface area (Å²) in [6.07, 6.45) is 1.00. The first kappa shape index (κ1) is 17.6. The van der Waals surface area contributed by atoms with E-state index in [4.69, 9.17) is 16.3 Å². The zero-order valence-electron chi connectivity index (χ0n) is 13.5. The van der Waals surface area contributed by atoms with Crippen LogP contribution in [0.5, 0.6) is 0 Å². The molecule has 3 rings (SSSR count). The van der Waals surface area contributed by atoms with Crippen molar-refractivity contribution in [3.63, 3.8) is 0 Å². The number of hydrogen-bond acceptors (Lipinski definition) is 5. The van der Waals surface area contributed by atoms with Gasteiger partial charge in [0.2, 0.25) is 0 Å². The van der Waals surface area contributed by atoms with Gasteiger partial charge >= 0.3 is 5.82 Å². The summed E-state index contributed by atoms with van der Waals surface area (Å²) < 4.78 is 7.62. The monoisotopic (exact) mass is 377 g/mol. The highest BCUT2D eigenvalue weighted by molar-refractivity contribution is 7.10. The fourth-order valence-electron chi connectivity index (χ4n) is 2.59. The molecule has 3 aromatic rings. The van der Waals surface area contributed by atoms with Gasteiger partial charge in [0.05, 0.1) is 6.61 Å². The summed E-state index contributed by atoms with van der Waals surface area (Å²) in [6, 6.07) is 11.5. The van der Waals surface area contributed by atoms with Gasteiger partial charge in [-0.1, -0.05) is 29.8 Å². The van der Waals surface area contributed by atoms with Crippen LogP contribution in [0.25, 0.3) is 0 Å².